The molecular formula is C25H25F4NO. The van der Waals surface area contributed by atoms with Crippen LogP contribution < -0.4 is 4.74 Å². The minimum Gasteiger partial charge on any atom is -0.429 e. The maximum Gasteiger partial charge on any atom is 0.426 e. The third-order valence-corrected chi connectivity index (χ3v) is 5.92. The second-order valence-corrected chi connectivity index (χ2v) is 7.98. The zero-order chi connectivity index (χ0) is 22.4. The Bertz CT molecular complexity index is 931. The molecule has 0 bridgehead atoms. The first-order chi connectivity index (χ1) is 14.8. The summed E-state index contributed by atoms with van der Waals surface area (Å²) in [6.45, 7) is 2.02. The fraction of sp³-hybridized carbons (Fsp3) is 0.400. The molecule has 3 rings (SSSR count). The lowest BCUT2D eigenvalue weighted by molar-refractivity contribution is -0.185. The van der Waals surface area contributed by atoms with Crippen LogP contribution in [-0.4, -0.2) is 0 Å². The van der Waals surface area contributed by atoms with Gasteiger partial charge in [0.05, 0.1) is 5.56 Å². The van der Waals surface area contributed by atoms with Gasteiger partial charge in [0, 0.05) is 12.1 Å². The van der Waals surface area contributed by atoms with Gasteiger partial charge in [0.2, 0.25) is 0 Å². The van der Waals surface area contributed by atoms with E-state index in [0.717, 1.165) is 43.6 Å². The highest BCUT2D eigenvalue weighted by Gasteiger charge is 2.35. The van der Waals surface area contributed by atoms with Gasteiger partial charge in [0.25, 0.3) is 0 Å². The van der Waals surface area contributed by atoms with E-state index in [0.29, 0.717) is 18.1 Å². The summed E-state index contributed by atoms with van der Waals surface area (Å²) in [6, 6.07) is 8.45. The highest BCUT2D eigenvalue weighted by molar-refractivity contribution is 5.38. The van der Waals surface area contributed by atoms with Gasteiger partial charge in [0.15, 0.2) is 0 Å². The average molecular weight is 431 g/mol. The predicted octanol–water partition coefficient (Wildman–Crippen LogP) is 7.59. The highest BCUT2D eigenvalue weighted by atomic mass is 19.3. The zero-order valence-corrected chi connectivity index (χ0v) is 17.4. The van der Waals surface area contributed by atoms with Crippen molar-refractivity contribution in [1.82, 2.24) is 0 Å². The van der Waals surface area contributed by atoms with Crippen molar-refractivity contribution in [3.63, 3.8) is 0 Å². The number of hydrogen-bond donors (Lipinski definition) is 0. The van der Waals surface area contributed by atoms with E-state index in [1.54, 1.807) is 12.1 Å². The van der Waals surface area contributed by atoms with Crippen molar-refractivity contribution in [2.45, 2.75) is 57.5 Å². The van der Waals surface area contributed by atoms with E-state index in [-0.39, 0.29) is 0 Å². The number of benzene rings is 2. The van der Waals surface area contributed by atoms with Crippen molar-refractivity contribution in [2.24, 2.45) is 5.92 Å². The van der Waals surface area contributed by atoms with Gasteiger partial charge < -0.3 is 4.74 Å². The first kappa shape index (κ1) is 22.9. The first-order valence-electron chi connectivity index (χ1n) is 10.5. The van der Waals surface area contributed by atoms with Crippen molar-refractivity contribution in [3.05, 3.63) is 76.9 Å². The molecule has 2 aromatic carbocycles. The summed E-state index contributed by atoms with van der Waals surface area (Å²) in [4.78, 5) is 0. The van der Waals surface area contributed by atoms with Crippen LogP contribution in [-0.2, 0) is 6.11 Å². The van der Waals surface area contributed by atoms with E-state index >= 15 is 0 Å². The van der Waals surface area contributed by atoms with Gasteiger partial charge in [-0.1, -0.05) is 24.3 Å². The Morgan fingerprint density at radius 2 is 1.68 bits per heavy atom. The van der Waals surface area contributed by atoms with E-state index in [1.807, 2.05) is 6.92 Å². The fourth-order valence-electron chi connectivity index (χ4n) is 4.15. The Kier molecular flexibility index (Phi) is 7.37. The van der Waals surface area contributed by atoms with Gasteiger partial charge in [0.1, 0.15) is 29.0 Å². The third kappa shape index (κ3) is 5.66. The van der Waals surface area contributed by atoms with Crippen LogP contribution in [0.4, 0.5) is 17.6 Å². The Morgan fingerprint density at radius 3 is 2.23 bits per heavy atom. The van der Waals surface area contributed by atoms with Crippen LogP contribution in [0.2, 0.25) is 0 Å². The molecule has 164 valence electrons. The first-order valence-corrected chi connectivity index (χ1v) is 10.5. The van der Waals surface area contributed by atoms with Crippen molar-refractivity contribution in [3.8, 4) is 11.8 Å². The van der Waals surface area contributed by atoms with Crippen LogP contribution in [0.5, 0.6) is 5.75 Å². The Morgan fingerprint density at radius 1 is 1.06 bits per heavy atom. The summed E-state index contributed by atoms with van der Waals surface area (Å²) in [5.74, 6) is -2.10. The second-order valence-electron chi connectivity index (χ2n) is 7.98. The molecule has 1 aliphatic rings. The summed E-state index contributed by atoms with van der Waals surface area (Å²) in [7, 11) is 0. The number of halogens is 4. The summed E-state index contributed by atoms with van der Waals surface area (Å²) >= 11 is 0. The molecule has 0 saturated heterocycles. The Hall–Kier alpha value is -2.81. The lowest BCUT2D eigenvalue weighted by Crippen LogP contribution is -2.22. The molecule has 0 N–H and O–H groups in total. The van der Waals surface area contributed by atoms with E-state index in [1.165, 1.54) is 24.6 Å². The van der Waals surface area contributed by atoms with Crippen LogP contribution in [0.15, 0.2) is 48.6 Å². The molecule has 31 heavy (non-hydrogen) atoms. The minimum absolute atomic E-state index is 0.350. The molecule has 2 aromatic rings. The normalized spacial score (nSPS) is 19.4. The molecule has 0 aliphatic heterocycles. The van der Waals surface area contributed by atoms with Crippen LogP contribution in [0.3, 0.4) is 0 Å². The quantitative estimate of drug-likeness (QED) is 0.334. The van der Waals surface area contributed by atoms with E-state index in [9.17, 15) is 17.6 Å². The van der Waals surface area contributed by atoms with Crippen molar-refractivity contribution in [2.75, 3.05) is 0 Å². The number of rotatable bonds is 7. The fourth-order valence-corrected chi connectivity index (χ4v) is 4.15. The molecule has 0 atom stereocenters. The standard InChI is InChI=1S/C25H25F4NO/c1-2-3-4-5-17-6-8-18(9-7-17)19-10-12-20(13-11-19)25(28,29)31-21-14-23(26)22(16-30)24(27)15-21/h2-3,10-15,17-18H,4-9H2,1H3. The molecule has 6 heteroatoms. The molecule has 1 saturated carbocycles. The lowest BCUT2D eigenvalue weighted by atomic mass is 9.77. The maximum absolute atomic E-state index is 14.5. The number of nitrogens with zero attached hydrogens (tertiary/aromatic N) is 1. The van der Waals surface area contributed by atoms with Gasteiger partial charge in [-0.2, -0.15) is 14.0 Å². The number of allylic oxidation sites excluding steroid dienone is 2. The SMILES string of the molecule is CC=CCCC1CCC(c2ccc(C(F)(F)Oc3cc(F)c(C#N)c(F)c3)cc2)CC1. The molecule has 0 amide bonds. The maximum atomic E-state index is 14.5. The molecular weight excluding hydrogens is 406 g/mol. The topological polar surface area (TPSA) is 33.0 Å². The third-order valence-electron chi connectivity index (χ3n) is 5.92. The van der Waals surface area contributed by atoms with Crippen molar-refractivity contribution in [1.29, 1.82) is 5.26 Å². The van der Waals surface area contributed by atoms with Crippen molar-refractivity contribution < 1.29 is 22.3 Å². The summed E-state index contributed by atoms with van der Waals surface area (Å²) in [6.07, 6.45) is 7.13. The summed E-state index contributed by atoms with van der Waals surface area (Å²) < 4.78 is 61.0. The minimum atomic E-state index is -3.77. The molecule has 0 heterocycles. The lowest BCUT2D eigenvalue weighted by Gasteiger charge is -2.29. The molecule has 2 nitrogen and oxygen atoms in total. The van der Waals surface area contributed by atoms with Crippen LogP contribution >= 0.6 is 0 Å². The molecule has 0 radical (unpaired) electrons. The van der Waals surface area contributed by atoms with Gasteiger partial charge in [-0.05, 0) is 75.0 Å². The smallest absolute Gasteiger partial charge is 0.426 e. The molecule has 0 unspecified atom stereocenters. The second kappa shape index (κ2) is 10.00. The van der Waals surface area contributed by atoms with E-state index < -0.39 is 34.6 Å². The predicted molar refractivity (Wildman–Crippen MR) is 111 cm³/mol. The molecule has 0 spiro atoms. The van der Waals surface area contributed by atoms with Crippen LogP contribution in [0, 0.1) is 28.9 Å². The summed E-state index contributed by atoms with van der Waals surface area (Å²) in [5, 5.41) is 8.68. The number of hydrogen-bond acceptors (Lipinski definition) is 2. The molecule has 1 aliphatic carbocycles. The Balaban J connectivity index is 1.64. The zero-order valence-electron chi connectivity index (χ0n) is 17.4. The Labute approximate surface area is 180 Å². The van der Waals surface area contributed by atoms with E-state index in [2.05, 4.69) is 16.9 Å². The average Bonchev–Trinajstić information content (AvgIpc) is 2.74. The van der Waals surface area contributed by atoms with Gasteiger partial charge >= 0.3 is 6.11 Å². The highest BCUT2D eigenvalue weighted by Crippen LogP contribution is 2.39. The van der Waals surface area contributed by atoms with E-state index in [4.69, 9.17) is 5.26 Å². The number of nitriles is 1. The summed E-state index contributed by atoms with van der Waals surface area (Å²) in [5.41, 5.74) is -0.222. The van der Waals surface area contributed by atoms with Crippen LogP contribution in [0.1, 0.15) is 68.1 Å². The monoisotopic (exact) mass is 431 g/mol. The van der Waals surface area contributed by atoms with Crippen molar-refractivity contribution >= 4 is 0 Å². The van der Waals surface area contributed by atoms with Gasteiger partial charge in [-0.15, -0.1) is 0 Å². The molecule has 0 aromatic heterocycles. The van der Waals surface area contributed by atoms with Crippen LogP contribution in [0.25, 0.3) is 0 Å². The van der Waals surface area contributed by atoms with Gasteiger partial charge in [-0.3, -0.25) is 0 Å². The number of ether oxygens (including phenoxy) is 1. The van der Waals surface area contributed by atoms with Gasteiger partial charge in [-0.25, -0.2) is 8.78 Å². The number of alkyl halides is 2. The molecule has 1 fully saturated rings. The largest absolute Gasteiger partial charge is 0.429 e.